The first kappa shape index (κ1) is 15.2. The lowest BCUT2D eigenvalue weighted by Gasteiger charge is -2.02. The Morgan fingerprint density at radius 2 is 2.24 bits per heavy atom. The highest BCUT2D eigenvalue weighted by Gasteiger charge is 2.07. The summed E-state index contributed by atoms with van der Waals surface area (Å²) in [4.78, 5) is 18.4. The molecule has 0 atom stereocenters. The van der Waals surface area contributed by atoms with Crippen LogP contribution in [0.3, 0.4) is 0 Å². The van der Waals surface area contributed by atoms with Crippen LogP contribution < -0.4 is 5.32 Å². The Bertz CT molecular complexity index is 666. The van der Waals surface area contributed by atoms with E-state index in [2.05, 4.69) is 22.1 Å². The molecule has 0 bridgehead atoms. The van der Waals surface area contributed by atoms with E-state index in [-0.39, 0.29) is 12.5 Å². The summed E-state index contributed by atoms with van der Waals surface area (Å²) in [5.41, 5.74) is 1.10. The van der Waals surface area contributed by atoms with Crippen molar-refractivity contribution in [2.45, 2.75) is 19.9 Å². The fraction of sp³-hybridized carbons (Fsp3) is 0.250. The van der Waals surface area contributed by atoms with Crippen LogP contribution in [0.15, 0.2) is 30.5 Å². The Morgan fingerprint density at radius 1 is 1.38 bits per heavy atom. The molecule has 0 aliphatic carbocycles. The minimum atomic E-state index is -0.198. The van der Waals surface area contributed by atoms with E-state index in [1.54, 1.807) is 29.7 Å². The summed E-state index contributed by atoms with van der Waals surface area (Å²) in [7, 11) is 0. The number of rotatable bonds is 4. The van der Waals surface area contributed by atoms with Gasteiger partial charge in [-0.3, -0.25) is 4.79 Å². The molecule has 0 fully saturated rings. The van der Waals surface area contributed by atoms with Crippen molar-refractivity contribution in [3.63, 3.8) is 0 Å². The Balaban J connectivity index is 1.92. The van der Waals surface area contributed by atoms with E-state index in [9.17, 15) is 4.79 Å². The predicted molar refractivity (Wildman–Crippen MR) is 83.0 cm³/mol. The summed E-state index contributed by atoms with van der Waals surface area (Å²) in [6, 6.07) is 7.44. The average Bonchev–Trinajstić information content (AvgIpc) is 2.91. The van der Waals surface area contributed by atoms with Gasteiger partial charge in [0.05, 0.1) is 13.2 Å². The van der Waals surface area contributed by atoms with Gasteiger partial charge in [-0.2, -0.15) is 0 Å². The molecule has 0 aromatic carbocycles. The molecule has 2 aromatic heterocycles. The molecule has 2 rings (SSSR count). The summed E-state index contributed by atoms with van der Waals surface area (Å²) in [6.45, 7) is 2.59. The monoisotopic (exact) mass is 300 g/mol. The second-order valence-corrected chi connectivity index (χ2v) is 5.77. The number of pyridine rings is 1. The highest BCUT2D eigenvalue weighted by atomic mass is 32.1. The number of carbonyl (C=O) groups excluding carboxylic acids is 1. The quantitative estimate of drug-likeness (QED) is 0.850. The first-order valence-corrected chi connectivity index (χ1v) is 7.40. The number of aliphatic hydroxyl groups excluding tert-OH is 1. The molecular weight excluding hydrogens is 284 g/mol. The predicted octanol–water partition coefficient (Wildman–Crippen LogP) is 2.12. The molecule has 1 amide bonds. The number of aryl methyl sites for hydroxylation is 1. The second-order valence-electron chi connectivity index (χ2n) is 4.40. The number of carbonyl (C=O) groups is 1. The van der Waals surface area contributed by atoms with Crippen LogP contribution in [0, 0.1) is 18.8 Å². The largest absolute Gasteiger partial charge is 0.395 e. The summed E-state index contributed by atoms with van der Waals surface area (Å²) < 4.78 is 0. The molecule has 2 N–H and O–H groups in total. The lowest BCUT2D eigenvalue weighted by Crippen LogP contribution is -2.23. The highest BCUT2D eigenvalue weighted by molar-refractivity contribution is 7.11. The molecule has 0 aliphatic heterocycles. The average molecular weight is 300 g/mol. The molecule has 108 valence electrons. The van der Waals surface area contributed by atoms with Gasteiger partial charge < -0.3 is 10.4 Å². The van der Waals surface area contributed by atoms with Gasteiger partial charge in [0.15, 0.2) is 0 Å². The maximum Gasteiger partial charge on any atom is 0.270 e. The lowest BCUT2D eigenvalue weighted by atomic mass is 10.2. The Hall–Kier alpha value is -2.16. The van der Waals surface area contributed by atoms with Crippen molar-refractivity contribution in [2.75, 3.05) is 6.61 Å². The van der Waals surface area contributed by atoms with Gasteiger partial charge in [0.25, 0.3) is 5.91 Å². The number of amides is 1. The van der Waals surface area contributed by atoms with Crippen molar-refractivity contribution in [1.82, 2.24) is 10.3 Å². The summed E-state index contributed by atoms with van der Waals surface area (Å²) in [5.74, 6) is 5.48. The Morgan fingerprint density at radius 3 is 2.86 bits per heavy atom. The smallest absolute Gasteiger partial charge is 0.270 e. The van der Waals surface area contributed by atoms with Crippen molar-refractivity contribution >= 4 is 17.2 Å². The minimum Gasteiger partial charge on any atom is -0.395 e. The van der Waals surface area contributed by atoms with Crippen LogP contribution in [-0.4, -0.2) is 22.6 Å². The number of hydrogen-bond acceptors (Lipinski definition) is 4. The van der Waals surface area contributed by atoms with Gasteiger partial charge in [-0.25, -0.2) is 4.98 Å². The fourth-order valence-corrected chi connectivity index (χ4v) is 2.49. The minimum absolute atomic E-state index is 0.0448. The molecule has 4 nitrogen and oxygen atoms in total. The number of aromatic nitrogens is 1. The van der Waals surface area contributed by atoms with E-state index in [1.807, 2.05) is 19.1 Å². The van der Waals surface area contributed by atoms with Crippen LogP contribution in [0.5, 0.6) is 0 Å². The van der Waals surface area contributed by atoms with E-state index < -0.39 is 0 Å². The SMILES string of the molecule is Cc1ccc(CNC(=O)c2ccc(C#CCCO)cn2)s1. The zero-order valence-corrected chi connectivity index (χ0v) is 12.5. The highest BCUT2D eigenvalue weighted by Crippen LogP contribution is 2.14. The van der Waals surface area contributed by atoms with Gasteiger partial charge >= 0.3 is 0 Å². The van der Waals surface area contributed by atoms with Crippen LogP contribution in [0.1, 0.15) is 32.2 Å². The van der Waals surface area contributed by atoms with Crippen LogP contribution in [-0.2, 0) is 6.54 Å². The molecule has 0 unspecified atom stereocenters. The van der Waals surface area contributed by atoms with Gasteiger partial charge in [-0.15, -0.1) is 11.3 Å². The van der Waals surface area contributed by atoms with Crippen molar-refractivity contribution in [3.05, 3.63) is 51.5 Å². The van der Waals surface area contributed by atoms with Crippen molar-refractivity contribution in [3.8, 4) is 11.8 Å². The normalized spacial score (nSPS) is 9.81. The van der Waals surface area contributed by atoms with E-state index in [0.29, 0.717) is 18.7 Å². The summed E-state index contributed by atoms with van der Waals surface area (Å²) in [5, 5.41) is 11.5. The molecule has 0 saturated heterocycles. The Kier molecular flexibility index (Phi) is 5.50. The zero-order valence-electron chi connectivity index (χ0n) is 11.7. The molecule has 21 heavy (non-hydrogen) atoms. The Labute approximate surface area is 127 Å². The molecule has 2 aromatic rings. The van der Waals surface area contributed by atoms with Crippen molar-refractivity contribution in [2.24, 2.45) is 0 Å². The van der Waals surface area contributed by atoms with Crippen LogP contribution in [0.2, 0.25) is 0 Å². The number of hydrogen-bond donors (Lipinski definition) is 2. The van der Waals surface area contributed by atoms with Gasteiger partial charge in [-0.05, 0) is 31.2 Å². The lowest BCUT2D eigenvalue weighted by molar-refractivity contribution is 0.0946. The van der Waals surface area contributed by atoms with Crippen LogP contribution in [0.4, 0.5) is 0 Å². The molecule has 0 saturated carbocycles. The molecular formula is C16H16N2O2S. The third-order valence-electron chi connectivity index (χ3n) is 2.68. The topological polar surface area (TPSA) is 62.2 Å². The maximum atomic E-state index is 12.0. The summed E-state index contributed by atoms with van der Waals surface area (Å²) >= 11 is 1.66. The number of aliphatic hydroxyl groups is 1. The van der Waals surface area contributed by atoms with Crippen molar-refractivity contribution in [1.29, 1.82) is 0 Å². The van der Waals surface area contributed by atoms with E-state index in [0.717, 1.165) is 10.4 Å². The third-order valence-corrected chi connectivity index (χ3v) is 3.69. The van der Waals surface area contributed by atoms with Crippen LogP contribution in [0.25, 0.3) is 0 Å². The number of nitrogens with zero attached hydrogens (tertiary/aromatic N) is 1. The van der Waals surface area contributed by atoms with Gasteiger partial charge in [0.1, 0.15) is 5.69 Å². The molecule has 0 spiro atoms. The van der Waals surface area contributed by atoms with E-state index in [1.165, 1.54) is 4.88 Å². The van der Waals surface area contributed by atoms with Gasteiger partial charge in [0.2, 0.25) is 0 Å². The second kappa shape index (κ2) is 7.58. The van der Waals surface area contributed by atoms with Crippen molar-refractivity contribution < 1.29 is 9.90 Å². The molecule has 0 radical (unpaired) electrons. The molecule has 0 aliphatic rings. The standard InChI is InChI=1S/C16H16N2O2S/c1-12-5-7-14(21-12)11-18-16(20)15-8-6-13(10-17-15)4-2-3-9-19/h5-8,10,19H,3,9,11H2,1H3,(H,18,20). The number of thiophene rings is 1. The third kappa shape index (κ3) is 4.71. The molecule has 2 heterocycles. The molecule has 5 heteroatoms. The van der Waals surface area contributed by atoms with E-state index in [4.69, 9.17) is 5.11 Å². The van der Waals surface area contributed by atoms with Gasteiger partial charge in [-0.1, -0.05) is 11.8 Å². The number of nitrogens with one attached hydrogen (secondary N) is 1. The van der Waals surface area contributed by atoms with Crippen LogP contribution >= 0.6 is 11.3 Å². The zero-order chi connectivity index (χ0) is 15.1. The van der Waals surface area contributed by atoms with E-state index >= 15 is 0 Å². The fourth-order valence-electron chi connectivity index (χ4n) is 1.66. The first-order chi connectivity index (χ1) is 10.2. The van der Waals surface area contributed by atoms with Gasteiger partial charge in [0, 0.05) is 27.9 Å². The first-order valence-electron chi connectivity index (χ1n) is 6.58. The summed E-state index contributed by atoms with van der Waals surface area (Å²) in [6.07, 6.45) is 2.00. The maximum absolute atomic E-state index is 12.0.